The van der Waals surface area contributed by atoms with E-state index in [0.717, 1.165) is 15.7 Å². The quantitative estimate of drug-likeness (QED) is 0.502. The summed E-state index contributed by atoms with van der Waals surface area (Å²) >= 11 is 3.53. The summed E-state index contributed by atoms with van der Waals surface area (Å²) in [5.41, 5.74) is 4.80. The van der Waals surface area contributed by atoms with E-state index in [9.17, 15) is 0 Å². The standard InChI is InChI=1S/C12H16BrN7/c1-8-16-18-12(20(8)14)17-15-7-9-4-5-11(19(2)3)10(13)6-9/h4-7H,14H2,1-3H3,(H,17,18). The molecule has 1 aromatic heterocycles. The van der Waals surface area contributed by atoms with Crippen molar-refractivity contribution in [2.45, 2.75) is 6.92 Å². The summed E-state index contributed by atoms with van der Waals surface area (Å²) in [6.07, 6.45) is 1.69. The minimum Gasteiger partial charge on any atom is -0.377 e. The Morgan fingerprint density at radius 1 is 1.40 bits per heavy atom. The van der Waals surface area contributed by atoms with Crippen molar-refractivity contribution in [1.29, 1.82) is 0 Å². The Balaban J connectivity index is 2.08. The van der Waals surface area contributed by atoms with Crippen LogP contribution in [0.15, 0.2) is 27.8 Å². The number of hydrogen-bond donors (Lipinski definition) is 2. The second-order valence-electron chi connectivity index (χ2n) is 4.42. The van der Waals surface area contributed by atoms with E-state index in [1.165, 1.54) is 4.68 Å². The highest BCUT2D eigenvalue weighted by molar-refractivity contribution is 9.10. The van der Waals surface area contributed by atoms with Crippen LogP contribution in [0.4, 0.5) is 11.6 Å². The van der Waals surface area contributed by atoms with Crippen LogP contribution in [0, 0.1) is 6.92 Å². The second-order valence-corrected chi connectivity index (χ2v) is 5.27. The van der Waals surface area contributed by atoms with Crippen molar-refractivity contribution >= 4 is 33.8 Å². The van der Waals surface area contributed by atoms with Gasteiger partial charge in [-0.25, -0.2) is 10.1 Å². The molecule has 1 aromatic carbocycles. The molecule has 7 nitrogen and oxygen atoms in total. The van der Waals surface area contributed by atoms with Gasteiger partial charge in [-0.1, -0.05) is 6.07 Å². The Kier molecular flexibility index (Phi) is 4.23. The third kappa shape index (κ3) is 3.08. The zero-order valence-electron chi connectivity index (χ0n) is 11.5. The average molecular weight is 338 g/mol. The number of nitrogens with zero attached hydrogens (tertiary/aromatic N) is 5. The topological polar surface area (TPSA) is 84.4 Å². The molecule has 3 N–H and O–H groups in total. The maximum atomic E-state index is 5.70. The minimum atomic E-state index is 0.391. The van der Waals surface area contributed by atoms with Gasteiger partial charge in [0.05, 0.1) is 11.9 Å². The molecule has 0 atom stereocenters. The Morgan fingerprint density at radius 2 is 2.15 bits per heavy atom. The van der Waals surface area contributed by atoms with E-state index in [4.69, 9.17) is 5.84 Å². The number of anilines is 2. The molecule has 0 amide bonds. The molecule has 1 heterocycles. The lowest BCUT2D eigenvalue weighted by molar-refractivity contribution is 0.926. The second kappa shape index (κ2) is 5.91. The minimum absolute atomic E-state index is 0.391. The fourth-order valence-electron chi connectivity index (χ4n) is 1.58. The van der Waals surface area contributed by atoms with Crippen LogP contribution in [-0.4, -0.2) is 35.2 Å². The number of rotatable bonds is 4. The van der Waals surface area contributed by atoms with Gasteiger partial charge in [0, 0.05) is 18.6 Å². The maximum absolute atomic E-state index is 5.70. The first-order valence-corrected chi connectivity index (χ1v) is 6.71. The van der Waals surface area contributed by atoms with Crippen LogP contribution in [0.25, 0.3) is 0 Å². The number of hydrogen-bond acceptors (Lipinski definition) is 6. The number of nitrogens with one attached hydrogen (secondary N) is 1. The molecule has 0 saturated carbocycles. The highest BCUT2D eigenvalue weighted by Gasteiger charge is 2.04. The van der Waals surface area contributed by atoms with E-state index in [0.29, 0.717) is 11.8 Å². The van der Waals surface area contributed by atoms with Gasteiger partial charge in [-0.3, -0.25) is 0 Å². The molecule has 106 valence electrons. The summed E-state index contributed by atoms with van der Waals surface area (Å²) in [7, 11) is 3.98. The predicted octanol–water partition coefficient (Wildman–Crippen LogP) is 1.57. The molecule has 0 bridgehead atoms. The van der Waals surface area contributed by atoms with Crippen LogP contribution in [0.1, 0.15) is 11.4 Å². The molecule has 20 heavy (non-hydrogen) atoms. The van der Waals surface area contributed by atoms with Crippen LogP contribution >= 0.6 is 15.9 Å². The number of hydrazone groups is 1. The van der Waals surface area contributed by atoms with Gasteiger partial charge < -0.3 is 10.7 Å². The van der Waals surface area contributed by atoms with Crippen molar-refractivity contribution < 1.29 is 0 Å². The highest BCUT2D eigenvalue weighted by atomic mass is 79.9. The zero-order chi connectivity index (χ0) is 14.7. The van der Waals surface area contributed by atoms with Crippen LogP contribution in [0.5, 0.6) is 0 Å². The molecule has 2 aromatic rings. The van der Waals surface area contributed by atoms with Gasteiger partial charge in [0.15, 0.2) is 5.82 Å². The van der Waals surface area contributed by atoms with Gasteiger partial charge in [-0.05, 0) is 40.5 Å². The Morgan fingerprint density at radius 3 is 2.70 bits per heavy atom. The van der Waals surface area contributed by atoms with Crippen molar-refractivity contribution in [1.82, 2.24) is 14.9 Å². The number of halogens is 1. The molecule has 0 radical (unpaired) electrons. The number of nitrogen functional groups attached to an aromatic ring is 1. The van der Waals surface area contributed by atoms with E-state index >= 15 is 0 Å². The summed E-state index contributed by atoms with van der Waals surface area (Å²) in [5, 5.41) is 11.8. The van der Waals surface area contributed by atoms with E-state index in [1.54, 1.807) is 13.1 Å². The van der Waals surface area contributed by atoms with Gasteiger partial charge in [-0.15, -0.1) is 10.2 Å². The predicted molar refractivity (Wildman–Crippen MR) is 84.6 cm³/mol. The third-order valence-electron chi connectivity index (χ3n) is 2.70. The maximum Gasteiger partial charge on any atom is 0.263 e. The van der Waals surface area contributed by atoms with Gasteiger partial charge in [-0.2, -0.15) is 5.10 Å². The first-order valence-electron chi connectivity index (χ1n) is 5.92. The Bertz CT molecular complexity index is 633. The molecule has 0 saturated heterocycles. The fraction of sp³-hybridized carbons (Fsp3) is 0.250. The van der Waals surface area contributed by atoms with Gasteiger partial charge in [0.2, 0.25) is 0 Å². The number of benzene rings is 1. The van der Waals surface area contributed by atoms with Crippen LogP contribution in [-0.2, 0) is 0 Å². The number of aromatic nitrogens is 3. The molecular formula is C12H16BrN7. The van der Waals surface area contributed by atoms with E-state index in [1.807, 2.05) is 37.2 Å². The van der Waals surface area contributed by atoms with Crippen molar-refractivity contribution in [2.75, 3.05) is 30.3 Å². The summed E-state index contributed by atoms with van der Waals surface area (Å²) in [6, 6.07) is 5.98. The van der Waals surface area contributed by atoms with Crippen LogP contribution in [0.3, 0.4) is 0 Å². The molecule has 0 fully saturated rings. The molecule has 0 aliphatic rings. The SMILES string of the molecule is Cc1nnc(NN=Cc2ccc(N(C)C)c(Br)c2)n1N. The van der Waals surface area contributed by atoms with Crippen LogP contribution < -0.4 is 16.2 Å². The highest BCUT2D eigenvalue weighted by Crippen LogP contribution is 2.25. The van der Waals surface area contributed by atoms with Gasteiger partial charge in [0.25, 0.3) is 5.95 Å². The summed E-state index contributed by atoms with van der Waals surface area (Å²) in [4.78, 5) is 2.03. The zero-order valence-corrected chi connectivity index (χ0v) is 13.1. The lowest BCUT2D eigenvalue weighted by Gasteiger charge is -2.14. The van der Waals surface area contributed by atoms with Crippen molar-refractivity contribution in [3.63, 3.8) is 0 Å². The molecule has 0 aliphatic carbocycles. The summed E-state index contributed by atoms with van der Waals surface area (Å²) < 4.78 is 2.34. The first kappa shape index (κ1) is 14.3. The molecule has 0 unspecified atom stereocenters. The fourth-order valence-corrected chi connectivity index (χ4v) is 2.33. The molecule has 0 aliphatic heterocycles. The smallest absolute Gasteiger partial charge is 0.263 e. The Hall–Kier alpha value is -2.09. The lowest BCUT2D eigenvalue weighted by atomic mass is 10.2. The normalized spacial score (nSPS) is 11.0. The summed E-state index contributed by atoms with van der Waals surface area (Å²) in [6.45, 7) is 1.76. The van der Waals surface area contributed by atoms with Crippen molar-refractivity contribution in [3.8, 4) is 0 Å². The first-order chi connectivity index (χ1) is 9.49. The van der Waals surface area contributed by atoms with Crippen molar-refractivity contribution in [2.24, 2.45) is 5.10 Å². The van der Waals surface area contributed by atoms with Crippen LogP contribution in [0.2, 0.25) is 0 Å². The van der Waals surface area contributed by atoms with E-state index < -0.39 is 0 Å². The Labute approximate surface area is 125 Å². The van der Waals surface area contributed by atoms with Crippen molar-refractivity contribution in [3.05, 3.63) is 34.1 Å². The largest absolute Gasteiger partial charge is 0.377 e. The van der Waals surface area contributed by atoms with E-state index in [2.05, 4.69) is 36.7 Å². The number of aryl methyl sites for hydroxylation is 1. The molecule has 0 spiro atoms. The molecule has 8 heteroatoms. The van der Waals surface area contributed by atoms with E-state index in [-0.39, 0.29) is 0 Å². The third-order valence-corrected chi connectivity index (χ3v) is 3.33. The van der Waals surface area contributed by atoms with Gasteiger partial charge in [0.1, 0.15) is 0 Å². The lowest BCUT2D eigenvalue weighted by Crippen LogP contribution is -2.13. The monoisotopic (exact) mass is 337 g/mol. The molecular weight excluding hydrogens is 322 g/mol. The van der Waals surface area contributed by atoms with Gasteiger partial charge >= 0.3 is 0 Å². The molecule has 2 rings (SSSR count). The summed E-state index contributed by atoms with van der Waals surface area (Å²) in [5.74, 6) is 6.70. The average Bonchev–Trinajstić information content (AvgIpc) is 2.70. The number of nitrogens with two attached hydrogens (primary N) is 1.